The summed E-state index contributed by atoms with van der Waals surface area (Å²) in [5.41, 5.74) is 7.94. The van der Waals surface area contributed by atoms with Gasteiger partial charge < -0.3 is 15.4 Å². The topological polar surface area (TPSA) is 51.4 Å². The molecule has 1 aromatic rings. The van der Waals surface area contributed by atoms with Crippen LogP contribution in [-0.4, -0.2) is 31.3 Å². The Balaban J connectivity index is 2.17. The fourth-order valence-electron chi connectivity index (χ4n) is 1.75. The zero-order valence-corrected chi connectivity index (χ0v) is 9.07. The normalized spacial score (nSPS) is 16.8. The van der Waals surface area contributed by atoms with Crippen molar-refractivity contribution < 1.29 is 4.74 Å². The molecule has 4 heteroatoms. The third-order valence-corrected chi connectivity index (χ3v) is 2.76. The van der Waals surface area contributed by atoms with Crippen LogP contribution in [0.3, 0.4) is 0 Å². The number of nitrogens with two attached hydrogens (primary N) is 1. The van der Waals surface area contributed by atoms with Crippen LogP contribution in [0.4, 0.5) is 5.82 Å². The summed E-state index contributed by atoms with van der Waals surface area (Å²) in [6.45, 7) is 6.07. The Bertz CT molecular complexity index is 335. The molecule has 1 aromatic heterocycles. The van der Waals surface area contributed by atoms with E-state index < -0.39 is 0 Å². The lowest BCUT2D eigenvalue weighted by molar-refractivity contribution is 0.122. The molecule has 1 aliphatic heterocycles. The van der Waals surface area contributed by atoms with Gasteiger partial charge in [-0.3, -0.25) is 0 Å². The van der Waals surface area contributed by atoms with E-state index in [1.54, 1.807) is 0 Å². The second-order valence-corrected chi connectivity index (χ2v) is 3.77. The van der Waals surface area contributed by atoms with Crippen LogP contribution < -0.4 is 10.6 Å². The number of hydrogen-bond donors (Lipinski definition) is 1. The molecule has 0 amide bonds. The number of anilines is 1. The summed E-state index contributed by atoms with van der Waals surface area (Å²) >= 11 is 0. The summed E-state index contributed by atoms with van der Waals surface area (Å²) in [6, 6.07) is 2.10. The molecule has 4 nitrogen and oxygen atoms in total. The van der Waals surface area contributed by atoms with E-state index in [0.717, 1.165) is 37.7 Å². The number of aryl methyl sites for hydroxylation is 1. The molecule has 2 N–H and O–H groups in total. The van der Waals surface area contributed by atoms with Crippen molar-refractivity contribution in [3.05, 3.63) is 23.4 Å². The molecule has 0 aliphatic carbocycles. The standard InChI is InChI=1S/C11H17N3O/c1-9-6-11(13-8-10(9)7-12)14-2-4-15-5-3-14/h6,8H,2-5,7,12H2,1H3. The van der Waals surface area contributed by atoms with Gasteiger partial charge in [-0.2, -0.15) is 0 Å². The SMILES string of the molecule is Cc1cc(N2CCOCC2)ncc1CN. The highest BCUT2D eigenvalue weighted by Gasteiger charge is 2.12. The molecule has 0 atom stereocenters. The predicted octanol–water partition coefficient (Wildman–Crippen LogP) is 0.685. The first-order chi connectivity index (χ1) is 7.31. The fourth-order valence-corrected chi connectivity index (χ4v) is 1.75. The summed E-state index contributed by atoms with van der Waals surface area (Å²) in [7, 11) is 0. The van der Waals surface area contributed by atoms with Gasteiger partial charge >= 0.3 is 0 Å². The van der Waals surface area contributed by atoms with E-state index in [4.69, 9.17) is 10.5 Å². The predicted molar refractivity (Wildman–Crippen MR) is 59.9 cm³/mol. The number of aromatic nitrogens is 1. The van der Waals surface area contributed by atoms with Gasteiger partial charge in [0.1, 0.15) is 5.82 Å². The van der Waals surface area contributed by atoms with Crippen molar-refractivity contribution in [1.82, 2.24) is 4.98 Å². The Hall–Kier alpha value is -1.13. The highest BCUT2D eigenvalue weighted by Crippen LogP contribution is 2.16. The van der Waals surface area contributed by atoms with E-state index in [2.05, 4.69) is 22.9 Å². The Morgan fingerprint density at radius 3 is 2.80 bits per heavy atom. The number of pyridine rings is 1. The van der Waals surface area contributed by atoms with Crippen molar-refractivity contribution in [3.63, 3.8) is 0 Å². The molecule has 0 saturated carbocycles. The minimum absolute atomic E-state index is 0.558. The van der Waals surface area contributed by atoms with Crippen LogP contribution in [0, 0.1) is 6.92 Å². The van der Waals surface area contributed by atoms with Gasteiger partial charge in [0, 0.05) is 25.8 Å². The summed E-state index contributed by atoms with van der Waals surface area (Å²) in [5, 5.41) is 0. The molecule has 1 fully saturated rings. The first-order valence-electron chi connectivity index (χ1n) is 5.29. The maximum absolute atomic E-state index is 5.61. The lowest BCUT2D eigenvalue weighted by atomic mass is 10.1. The smallest absolute Gasteiger partial charge is 0.128 e. The van der Waals surface area contributed by atoms with E-state index in [0.29, 0.717) is 6.54 Å². The van der Waals surface area contributed by atoms with Crippen LogP contribution in [0.15, 0.2) is 12.3 Å². The Labute approximate surface area is 90.0 Å². The van der Waals surface area contributed by atoms with Crippen molar-refractivity contribution in [2.24, 2.45) is 5.73 Å². The van der Waals surface area contributed by atoms with Gasteiger partial charge in [0.05, 0.1) is 13.2 Å². The van der Waals surface area contributed by atoms with Gasteiger partial charge in [0.2, 0.25) is 0 Å². The van der Waals surface area contributed by atoms with Crippen molar-refractivity contribution in [2.45, 2.75) is 13.5 Å². The van der Waals surface area contributed by atoms with Crippen molar-refractivity contribution >= 4 is 5.82 Å². The van der Waals surface area contributed by atoms with Gasteiger partial charge in [-0.15, -0.1) is 0 Å². The molecule has 0 aromatic carbocycles. The number of morpholine rings is 1. The zero-order chi connectivity index (χ0) is 10.7. The first-order valence-corrected chi connectivity index (χ1v) is 5.29. The summed E-state index contributed by atoms with van der Waals surface area (Å²) in [5.74, 6) is 1.04. The fraction of sp³-hybridized carbons (Fsp3) is 0.545. The minimum atomic E-state index is 0.558. The molecule has 15 heavy (non-hydrogen) atoms. The lowest BCUT2D eigenvalue weighted by Gasteiger charge is -2.28. The van der Waals surface area contributed by atoms with Crippen molar-refractivity contribution in [3.8, 4) is 0 Å². The number of rotatable bonds is 2. The first kappa shape index (κ1) is 10.4. The number of hydrogen-bond acceptors (Lipinski definition) is 4. The molecule has 2 heterocycles. The summed E-state index contributed by atoms with van der Waals surface area (Å²) in [6.07, 6.45) is 1.88. The molecule has 2 rings (SSSR count). The van der Waals surface area contributed by atoms with E-state index in [1.165, 1.54) is 5.56 Å². The highest BCUT2D eigenvalue weighted by molar-refractivity contribution is 5.43. The van der Waals surface area contributed by atoms with Crippen molar-refractivity contribution in [1.29, 1.82) is 0 Å². The quantitative estimate of drug-likeness (QED) is 0.775. The van der Waals surface area contributed by atoms with E-state index in [-0.39, 0.29) is 0 Å². The number of ether oxygens (including phenoxy) is 1. The third kappa shape index (κ3) is 2.27. The molecule has 0 radical (unpaired) electrons. The highest BCUT2D eigenvalue weighted by atomic mass is 16.5. The van der Waals surface area contributed by atoms with E-state index >= 15 is 0 Å². The van der Waals surface area contributed by atoms with Crippen LogP contribution in [0.1, 0.15) is 11.1 Å². The summed E-state index contributed by atoms with van der Waals surface area (Å²) in [4.78, 5) is 6.67. The average Bonchev–Trinajstić information content (AvgIpc) is 2.30. The molecule has 1 saturated heterocycles. The van der Waals surface area contributed by atoms with Crippen LogP contribution in [0.25, 0.3) is 0 Å². The second-order valence-electron chi connectivity index (χ2n) is 3.77. The zero-order valence-electron chi connectivity index (χ0n) is 9.07. The largest absolute Gasteiger partial charge is 0.378 e. The van der Waals surface area contributed by atoms with Crippen LogP contribution in [0.2, 0.25) is 0 Å². The lowest BCUT2D eigenvalue weighted by Crippen LogP contribution is -2.36. The van der Waals surface area contributed by atoms with Crippen molar-refractivity contribution in [2.75, 3.05) is 31.2 Å². The van der Waals surface area contributed by atoms with Crippen LogP contribution in [-0.2, 0) is 11.3 Å². The average molecular weight is 207 g/mol. The Morgan fingerprint density at radius 1 is 1.47 bits per heavy atom. The molecule has 0 unspecified atom stereocenters. The van der Waals surface area contributed by atoms with E-state index in [9.17, 15) is 0 Å². The molecule has 0 bridgehead atoms. The van der Waals surface area contributed by atoms with E-state index in [1.807, 2.05) is 6.20 Å². The van der Waals surface area contributed by atoms with Crippen LogP contribution in [0.5, 0.6) is 0 Å². The third-order valence-electron chi connectivity index (χ3n) is 2.76. The Kier molecular flexibility index (Phi) is 3.18. The van der Waals surface area contributed by atoms with Gasteiger partial charge in [-0.1, -0.05) is 0 Å². The molecule has 0 spiro atoms. The van der Waals surface area contributed by atoms with Gasteiger partial charge in [0.15, 0.2) is 0 Å². The maximum Gasteiger partial charge on any atom is 0.128 e. The summed E-state index contributed by atoms with van der Waals surface area (Å²) < 4.78 is 5.31. The maximum atomic E-state index is 5.61. The minimum Gasteiger partial charge on any atom is -0.378 e. The monoisotopic (exact) mass is 207 g/mol. The molecule has 82 valence electrons. The number of nitrogens with zero attached hydrogens (tertiary/aromatic N) is 2. The molecular formula is C11H17N3O. The second kappa shape index (κ2) is 4.59. The molecule has 1 aliphatic rings. The molecular weight excluding hydrogens is 190 g/mol. The van der Waals surface area contributed by atoms with Gasteiger partial charge in [-0.25, -0.2) is 4.98 Å². The van der Waals surface area contributed by atoms with Crippen LogP contribution >= 0.6 is 0 Å². The Morgan fingerprint density at radius 2 is 2.20 bits per heavy atom. The van der Waals surface area contributed by atoms with Gasteiger partial charge in [-0.05, 0) is 24.1 Å². The van der Waals surface area contributed by atoms with Gasteiger partial charge in [0.25, 0.3) is 0 Å².